The largest absolute Gasteiger partial charge is 0.494 e. The zero-order valence-electron chi connectivity index (χ0n) is 17.3. The van der Waals surface area contributed by atoms with E-state index in [4.69, 9.17) is 4.74 Å². The Labute approximate surface area is 173 Å². The molecule has 0 aliphatic heterocycles. The van der Waals surface area contributed by atoms with Gasteiger partial charge < -0.3 is 10.1 Å². The van der Waals surface area contributed by atoms with E-state index >= 15 is 0 Å². The van der Waals surface area contributed by atoms with Crippen LogP contribution in [0.2, 0.25) is 0 Å². The van der Waals surface area contributed by atoms with E-state index in [1.165, 1.54) is 0 Å². The van der Waals surface area contributed by atoms with Crippen molar-refractivity contribution in [3.8, 4) is 5.75 Å². The standard InChI is InChI=1S/C22H30N2O4S/c1-4-28-21-12-8-7-9-18(21)13-14-22(25)23-15-19-10-5-6-11-20(19)16-29(26,27)24-17(2)3/h5-12,17,24H,4,13-16H2,1-3H3,(H,23,25). The van der Waals surface area contributed by atoms with Crippen molar-refractivity contribution in [1.29, 1.82) is 0 Å². The fourth-order valence-corrected chi connectivity index (χ4v) is 4.51. The van der Waals surface area contributed by atoms with Crippen LogP contribution in [0.25, 0.3) is 0 Å². The minimum atomic E-state index is -3.43. The van der Waals surface area contributed by atoms with Crippen molar-refractivity contribution in [3.05, 3.63) is 65.2 Å². The molecule has 2 aromatic carbocycles. The maximum atomic E-state index is 12.3. The molecule has 0 heterocycles. The molecular weight excluding hydrogens is 388 g/mol. The molecule has 2 N–H and O–H groups in total. The highest BCUT2D eigenvalue weighted by Gasteiger charge is 2.15. The predicted molar refractivity (Wildman–Crippen MR) is 115 cm³/mol. The van der Waals surface area contributed by atoms with Crippen molar-refractivity contribution < 1.29 is 17.9 Å². The molecule has 0 spiro atoms. The second kappa shape index (κ2) is 11.0. The summed E-state index contributed by atoms with van der Waals surface area (Å²) in [7, 11) is -3.43. The monoisotopic (exact) mass is 418 g/mol. The van der Waals surface area contributed by atoms with Gasteiger partial charge in [-0.15, -0.1) is 0 Å². The summed E-state index contributed by atoms with van der Waals surface area (Å²) in [4.78, 5) is 12.3. The zero-order chi connectivity index (χ0) is 21.3. The third-order valence-corrected chi connectivity index (χ3v) is 5.77. The first-order valence-electron chi connectivity index (χ1n) is 9.85. The highest BCUT2D eigenvalue weighted by molar-refractivity contribution is 7.88. The average Bonchev–Trinajstić information content (AvgIpc) is 2.65. The number of benzene rings is 2. The Morgan fingerprint density at radius 3 is 2.28 bits per heavy atom. The molecule has 0 radical (unpaired) electrons. The van der Waals surface area contributed by atoms with Crippen LogP contribution < -0.4 is 14.8 Å². The van der Waals surface area contributed by atoms with Gasteiger partial charge >= 0.3 is 0 Å². The number of sulfonamides is 1. The first kappa shape index (κ1) is 22.9. The van der Waals surface area contributed by atoms with Crippen LogP contribution in [-0.4, -0.2) is 27.0 Å². The number of carbonyl (C=O) groups is 1. The second-order valence-electron chi connectivity index (χ2n) is 7.12. The molecule has 2 rings (SSSR count). The Morgan fingerprint density at radius 2 is 1.62 bits per heavy atom. The number of hydrogen-bond donors (Lipinski definition) is 2. The van der Waals surface area contributed by atoms with Crippen LogP contribution in [0.4, 0.5) is 0 Å². The lowest BCUT2D eigenvalue weighted by atomic mass is 10.1. The Hall–Kier alpha value is -2.38. The summed E-state index contributed by atoms with van der Waals surface area (Å²) in [6, 6.07) is 14.8. The third-order valence-electron chi connectivity index (χ3n) is 4.25. The number of rotatable bonds is 11. The molecule has 1 amide bonds. The van der Waals surface area contributed by atoms with Crippen molar-refractivity contribution >= 4 is 15.9 Å². The van der Waals surface area contributed by atoms with Gasteiger partial charge in [-0.3, -0.25) is 4.79 Å². The van der Waals surface area contributed by atoms with Gasteiger partial charge in [-0.1, -0.05) is 42.5 Å². The van der Waals surface area contributed by atoms with E-state index in [9.17, 15) is 13.2 Å². The van der Waals surface area contributed by atoms with E-state index in [0.29, 0.717) is 31.6 Å². The van der Waals surface area contributed by atoms with Gasteiger partial charge in [-0.2, -0.15) is 0 Å². The average molecular weight is 419 g/mol. The SMILES string of the molecule is CCOc1ccccc1CCC(=O)NCc1ccccc1CS(=O)(=O)NC(C)C. The molecular formula is C22H30N2O4S. The molecule has 158 valence electrons. The van der Waals surface area contributed by atoms with Crippen LogP contribution in [0.15, 0.2) is 48.5 Å². The van der Waals surface area contributed by atoms with Gasteiger partial charge in [0.05, 0.1) is 12.4 Å². The minimum Gasteiger partial charge on any atom is -0.494 e. The summed E-state index contributed by atoms with van der Waals surface area (Å²) in [5, 5.41) is 2.89. The van der Waals surface area contributed by atoms with Gasteiger partial charge in [0.15, 0.2) is 0 Å². The van der Waals surface area contributed by atoms with Crippen molar-refractivity contribution in [2.75, 3.05) is 6.61 Å². The van der Waals surface area contributed by atoms with E-state index in [-0.39, 0.29) is 17.7 Å². The lowest BCUT2D eigenvalue weighted by Gasteiger charge is -2.14. The normalized spacial score (nSPS) is 11.4. The molecule has 0 saturated heterocycles. The molecule has 2 aromatic rings. The Kier molecular flexibility index (Phi) is 8.67. The van der Waals surface area contributed by atoms with Gasteiger partial charge in [0.25, 0.3) is 0 Å². The molecule has 0 aliphatic carbocycles. The van der Waals surface area contributed by atoms with Crippen molar-refractivity contribution in [2.24, 2.45) is 0 Å². The van der Waals surface area contributed by atoms with E-state index in [1.807, 2.05) is 43.3 Å². The van der Waals surface area contributed by atoms with E-state index < -0.39 is 10.0 Å². The Bertz CT molecular complexity index is 911. The maximum Gasteiger partial charge on any atom is 0.220 e. The van der Waals surface area contributed by atoms with Gasteiger partial charge in [0.1, 0.15) is 5.75 Å². The molecule has 6 nitrogen and oxygen atoms in total. The molecule has 0 fully saturated rings. The van der Waals surface area contributed by atoms with Gasteiger partial charge in [-0.25, -0.2) is 13.1 Å². The lowest BCUT2D eigenvalue weighted by Crippen LogP contribution is -2.32. The van der Waals surface area contributed by atoms with Crippen molar-refractivity contribution in [2.45, 2.75) is 52.0 Å². The van der Waals surface area contributed by atoms with Gasteiger partial charge in [-0.05, 0) is 49.9 Å². The molecule has 0 atom stereocenters. The predicted octanol–water partition coefficient (Wildman–Crippen LogP) is 3.16. The first-order chi connectivity index (χ1) is 13.8. The van der Waals surface area contributed by atoms with Crippen molar-refractivity contribution in [3.63, 3.8) is 0 Å². The van der Waals surface area contributed by atoms with E-state index in [1.54, 1.807) is 26.0 Å². The molecule has 0 unspecified atom stereocenters. The molecule has 0 saturated carbocycles. The second-order valence-corrected chi connectivity index (χ2v) is 8.87. The number of ether oxygens (including phenoxy) is 1. The summed E-state index contributed by atoms with van der Waals surface area (Å²) in [5.41, 5.74) is 2.48. The number of hydrogen-bond acceptors (Lipinski definition) is 4. The fourth-order valence-electron chi connectivity index (χ4n) is 3.01. The van der Waals surface area contributed by atoms with Crippen LogP contribution in [-0.2, 0) is 33.5 Å². The summed E-state index contributed by atoms with van der Waals surface area (Å²) < 4.78 is 32.7. The lowest BCUT2D eigenvalue weighted by molar-refractivity contribution is -0.121. The Morgan fingerprint density at radius 1 is 1.00 bits per heavy atom. The molecule has 29 heavy (non-hydrogen) atoms. The molecule has 0 aliphatic rings. The zero-order valence-corrected chi connectivity index (χ0v) is 18.1. The van der Waals surface area contributed by atoms with Crippen LogP contribution in [0, 0.1) is 0 Å². The van der Waals surface area contributed by atoms with Crippen LogP contribution >= 0.6 is 0 Å². The summed E-state index contributed by atoms with van der Waals surface area (Å²) in [6.45, 7) is 6.37. The summed E-state index contributed by atoms with van der Waals surface area (Å²) in [6.07, 6.45) is 0.912. The van der Waals surface area contributed by atoms with E-state index in [0.717, 1.165) is 16.9 Å². The fraction of sp³-hybridized carbons (Fsp3) is 0.409. The first-order valence-corrected chi connectivity index (χ1v) is 11.5. The summed E-state index contributed by atoms with van der Waals surface area (Å²) >= 11 is 0. The smallest absolute Gasteiger partial charge is 0.220 e. The van der Waals surface area contributed by atoms with Crippen molar-refractivity contribution in [1.82, 2.24) is 10.0 Å². The molecule has 7 heteroatoms. The number of para-hydroxylation sites is 1. The number of nitrogens with one attached hydrogen (secondary N) is 2. The molecule has 0 bridgehead atoms. The van der Waals surface area contributed by atoms with E-state index in [2.05, 4.69) is 10.0 Å². The van der Waals surface area contributed by atoms with Gasteiger partial charge in [0.2, 0.25) is 15.9 Å². The number of amides is 1. The Balaban J connectivity index is 1.94. The van der Waals surface area contributed by atoms with Crippen LogP contribution in [0.3, 0.4) is 0 Å². The highest BCUT2D eigenvalue weighted by Crippen LogP contribution is 2.19. The summed E-state index contributed by atoms with van der Waals surface area (Å²) in [5.74, 6) is 0.601. The topological polar surface area (TPSA) is 84.5 Å². The quantitative estimate of drug-likeness (QED) is 0.587. The van der Waals surface area contributed by atoms with Gasteiger partial charge in [0, 0.05) is 19.0 Å². The maximum absolute atomic E-state index is 12.3. The van der Waals surface area contributed by atoms with Crippen LogP contribution in [0.1, 0.15) is 43.9 Å². The van der Waals surface area contributed by atoms with Crippen LogP contribution in [0.5, 0.6) is 5.75 Å². The number of aryl methyl sites for hydroxylation is 1. The molecule has 0 aromatic heterocycles. The third kappa shape index (κ3) is 7.87. The minimum absolute atomic E-state index is 0.0886. The number of carbonyl (C=O) groups excluding carboxylic acids is 1. The highest BCUT2D eigenvalue weighted by atomic mass is 32.2.